The van der Waals surface area contributed by atoms with E-state index in [0.717, 1.165) is 10.7 Å². The maximum Gasteiger partial charge on any atom is 0.324 e. The van der Waals surface area contributed by atoms with E-state index in [9.17, 15) is 10.1 Å². The average molecular weight is 253 g/mol. The van der Waals surface area contributed by atoms with Crippen molar-refractivity contribution in [2.75, 3.05) is 0 Å². The lowest BCUT2D eigenvalue weighted by atomic mass is 10.4. The van der Waals surface area contributed by atoms with E-state index in [-0.39, 0.29) is 9.92 Å². The molecule has 2 aromatic heterocycles. The van der Waals surface area contributed by atoms with Crippen LogP contribution in [0.1, 0.15) is 10.7 Å². The molecule has 17 heavy (non-hydrogen) atoms. The lowest BCUT2D eigenvalue weighted by Gasteiger charge is -2.01. The van der Waals surface area contributed by atoms with Crippen LogP contribution >= 0.6 is 11.3 Å². The van der Waals surface area contributed by atoms with E-state index in [0.29, 0.717) is 13.1 Å². The van der Waals surface area contributed by atoms with Gasteiger partial charge in [0.1, 0.15) is 12.2 Å². The van der Waals surface area contributed by atoms with Crippen molar-refractivity contribution >= 4 is 16.3 Å². The fraction of sp³-hybridized carbons (Fsp3) is 0.333. The molecule has 90 valence electrons. The standard InChI is InChI=1S/C9H11N5O2S/c1-13-6-11-12-8(13)5-10-4-7-2-3-9(17-7)14(15)16/h2-3,6,10H,4-5H2,1H3. The Kier molecular flexibility index (Phi) is 3.45. The van der Waals surface area contributed by atoms with Gasteiger partial charge in [-0.2, -0.15) is 0 Å². The topological polar surface area (TPSA) is 85.9 Å². The van der Waals surface area contributed by atoms with Crippen LogP contribution in [0, 0.1) is 10.1 Å². The van der Waals surface area contributed by atoms with Crippen molar-refractivity contribution in [1.29, 1.82) is 0 Å². The third kappa shape index (κ3) is 2.86. The van der Waals surface area contributed by atoms with Crippen LogP contribution in [0.25, 0.3) is 0 Å². The first kappa shape index (κ1) is 11.7. The van der Waals surface area contributed by atoms with E-state index in [1.54, 1.807) is 12.4 Å². The second-order valence-corrected chi connectivity index (χ2v) is 4.61. The second kappa shape index (κ2) is 5.02. The molecule has 2 rings (SSSR count). The van der Waals surface area contributed by atoms with E-state index in [1.165, 1.54) is 17.4 Å². The van der Waals surface area contributed by atoms with Crippen molar-refractivity contribution in [3.8, 4) is 0 Å². The molecule has 0 saturated carbocycles. The van der Waals surface area contributed by atoms with Crippen LogP contribution in [-0.4, -0.2) is 19.7 Å². The van der Waals surface area contributed by atoms with Gasteiger partial charge in [0.05, 0.1) is 11.5 Å². The summed E-state index contributed by atoms with van der Waals surface area (Å²) in [6, 6.07) is 3.27. The van der Waals surface area contributed by atoms with Gasteiger partial charge in [-0.15, -0.1) is 10.2 Å². The highest BCUT2D eigenvalue weighted by molar-refractivity contribution is 7.15. The van der Waals surface area contributed by atoms with Crippen LogP contribution < -0.4 is 5.32 Å². The number of rotatable bonds is 5. The normalized spacial score (nSPS) is 10.6. The third-order valence-electron chi connectivity index (χ3n) is 2.21. The van der Waals surface area contributed by atoms with Crippen molar-refractivity contribution in [1.82, 2.24) is 20.1 Å². The molecule has 0 fully saturated rings. The number of thiophene rings is 1. The lowest BCUT2D eigenvalue weighted by molar-refractivity contribution is -0.380. The van der Waals surface area contributed by atoms with Crippen molar-refractivity contribution in [2.45, 2.75) is 13.1 Å². The molecule has 0 atom stereocenters. The molecule has 0 aliphatic carbocycles. The number of hydrogen-bond acceptors (Lipinski definition) is 6. The van der Waals surface area contributed by atoms with Crippen molar-refractivity contribution in [3.63, 3.8) is 0 Å². The van der Waals surface area contributed by atoms with E-state index in [4.69, 9.17) is 0 Å². The Hall–Kier alpha value is -1.80. The Bertz CT molecular complexity index is 521. The highest BCUT2D eigenvalue weighted by Gasteiger charge is 2.09. The third-order valence-corrected chi connectivity index (χ3v) is 3.25. The molecule has 0 spiro atoms. The number of nitro groups is 1. The van der Waals surface area contributed by atoms with E-state index in [1.807, 2.05) is 11.6 Å². The average Bonchev–Trinajstić information content (AvgIpc) is 2.89. The maximum atomic E-state index is 10.5. The molecular weight excluding hydrogens is 242 g/mol. The fourth-order valence-corrected chi connectivity index (χ4v) is 2.11. The van der Waals surface area contributed by atoms with E-state index >= 15 is 0 Å². The summed E-state index contributed by atoms with van der Waals surface area (Å²) in [7, 11) is 1.87. The van der Waals surface area contributed by atoms with Gasteiger partial charge >= 0.3 is 5.00 Å². The van der Waals surface area contributed by atoms with Gasteiger partial charge in [-0.25, -0.2) is 0 Å². The van der Waals surface area contributed by atoms with Gasteiger partial charge in [-0.1, -0.05) is 11.3 Å². The minimum Gasteiger partial charge on any atom is -0.320 e. The Balaban J connectivity index is 1.86. The molecule has 0 aliphatic heterocycles. The zero-order chi connectivity index (χ0) is 12.3. The number of aromatic nitrogens is 3. The van der Waals surface area contributed by atoms with Crippen LogP contribution in [0.4, 0.5) is 5.00 Å². The fourth-order valence-electron chi connectivity index (χ4n) is 1.32. The summed E-state index contributed by atoms with van der Waals surface area (Å²) in [5.74, 6) is 0.830. The zero-order valence-corrected chi connectivity index (χ0v) is 9.98. The quantitative estimate of drug-likeness (QED) is 0.636. The van der Waals surface area contributed by atoms with Gasteiger partial charge in [0.2, 0.25) is 0 Å². The monoisotopic (exact) mass is 253 g/mol. The Labute approximate surface area is 101 Å². The van der Waals surface area contributed by atoms with Crippen LogP contribution in [0.3, 0.4) is 0 Å². The summed E-state index contributed by atoms with van der Waals surface area (Å²) in [4.78, 5) is 11.0. The summed E-state index contributed by atoms with van der Waals surface area (Å²) in [6.07, 6.45) is 1.63. The molecule has 0 radical (unpaired) electrons. The molecule has 0 aromatic carbocycles. The Morgan fingerprint density at radius 2 is 2.35 bits per heavy atom. The van der Waals surface area contributed by atoms with E-state index in [2.05, 4.69) is 15.5 Å². The van der Waals surface area contributed by atoms with Crippen LogP contribution in [0.5, 0.6) is 0 Å². The predicted molar refractivity (Wildman–Crippen MR) is 62.5 cm³/mol. The van der Waals surface area contributed by atoms with Gasteiger partial charge in [-0.05, 0) is 6.07 Å². The summed E-state index contributed by atoms with van der Waals surface area (Å²) < 4.78 is 1.82. The molecular formula is C9H11N5O2S. The van der Waals surface area contributed by atoms with Crippen LogP contribution in [-0.2, 0) is 20.1 Å². The molecule has 0 bridgehead atoms. The molecule has 1 N–H and O–H groups in total. The largest absolute Gasteiger partial charge is 0.324 e. The first-order valence-electron chi connectivity index (χ1n) is 4.93. The summed E-state index contributed by atoms with van der Waals surface area (Å²) >= 11 is 1.18. The molecule has 2 heterocycles. The SMILES string of the molecule is Cn1cnnc1CNCc1ccc([N+](=O)[O-])s1. The van der Waals surface area contributed by atoms with Gasteiger partial charge in [0.15, 0.2) is 0 Å². The number of nitrogens with zero attached hydrogens (tertiary/aromatic N) is 4. The molecule has 0 saturated heterocycles. The van der Waals surface area contributed by atoms with Crippen molar-refractivity contribution in [3.05, 3.63) is 39.3 Å². The zero-order valence-electron chi connectivity index (χ0n) is 9.16. The Morgan fingerprint density at radius 1 is 1.53 bits per heavy atom. The smallest absolute Gasteiger partial charge is 0.320 e. The minimum absolute atomic E-state index is 0.167. The number of nitrogens with one attached hydrogen (secondary N) is 1. The molecule has 0 amide bonds. The molecule has 7 nitrogen and oxygen atoms in total. The summed E-state index contributed by atoms with van der Waals surface area (Å²) in [5, 5.41) is 21.5. The second-order valence-electron chi connectivity index (χ2n) is 3.46. The van der Waals surface area contributed by atoms with Crippen molar-refractivity contribution < 1.29 is 4.92 Å². The molecule has 0 unspecified atom stereocenters. The van der Waals surface area contributed by atoms with Crippen molar-refractivity contribution in [2.24, 2.45) is 7.05 Å². The number of hydrogen-bond donors (Lipinski definition) is 1. The number of aryl methyl sites for hydroxylation is 1. The van der Waals surface area contributed by atoms with Gasteiger partial charge in [0.25, 0.3) is 0 Å². The highest BCUT2D eigenvalue weighted by atomic mass is 32.1. The first-order valence-corrected chi connectivity index (χ1v) is 5.75. The lowest BCUT2D eigenvalue weighted by Crippen LogP contribution is -2.14. The van der Waals surface area contributed by atoms with Crippen LogP contribution in [0.2, 0.25) is 0 Å². The molecule has 2 aromatic rings. The maximum absolute atomic E-state index is 10.5. The Morgan fingerprint density at radius 3 is 2.94 bits per heavy atom. The van der Waals surface area contributed by atoms with E-state index < -0.39 is 0 Å². The molecule has 0 aliphatic rings. The summed E-state index contributed by atoms with van der Waals surface area (Å²) in [5.41, 5.74) is 0. The predicted octanol–water partition coefficient (Wildman–Crippen LogP) is 1.07. The highest BCUT2D eigenvalue weighted by Crippen LogP contribution is 2.23. The van der Waals surface area contributed by atoms with Gasteiger partial charge in [0, 0.05) is 24.5 Å². The van der Waals surface area contributed by atoms with Gasteiger partial charge in [-0.3, -0.25) is 10.1 Å². The van der Waals surface area contributed by atoms with Crippen LogP contribution in [0.15, 0.2) is 18.5 Å². The first-order chi connectivity index (χ1) is 8.16. The minimum atomic E-state index is -0.378. The summed E-state index contributed by atoms with van der Waals surface area (Å²) in [6.45, 7) is 1.17. The van der Waals surface area contributed by atoms with Gasteiger partial charge < -0.3 is 9.88 Å². The molecule has 8 heteroatoms.